The average molecular weight is 489 g/mol. The fraction of sp³-hybridized carbons (Fsp3) is 0.400. The van der Waals surface area contributed by atoms with Gasteiger partial charge in [0.05, 0.1) is 23.7 Å². The van der Waals surface area contributed by atoms with Gasteiger partial charge >= 0.3 is 5.92 Å². The Bertz CT molecular complexity index is 1210. The van der Waals surface area contributed by atoms with E-state index in [0.717, 1.165) is 17.0 Å². The normalized spacial score (nSPS) is 23.6. The summed E-state index contributed by atoms with van der Waals surface area (Å²) in [6.45, 7) is 1.49. The maximum absolute atomic E-state index is 15.4. The molecule has 2 aliphatic heterocycles. The number of piperidine rings is 1. The fourth-order valence-corrected chi connectivity index (χ4v) is 5.06. The highest BCUT2D eigenvalue weighted by molar-refractivity contribution is 6.04. The third kappa shape index (κ3) is 4.60. The Morgan fingerprint density at radius 3 is 2.37 bits per heavy atom. The number of fused-ring (bicyclic) bond motifs is 2. The summed E-state index contributed by atoms with van der Waals surface area (Å²) in [7, 11) is 0. The molecule has 2 aliphatic rings. The average Bonchev–Trinajstić information content (AvgIpc) is 3.07. The van der Waals surface area contributed by atoms with Crippen molar-refractivity contribution in [3.63, 3.8) is 0 Å². The molecule has 2 aromatic rings. The number of carbonyl (C=O) groups excluding carboxylic acids is 2. The van der Waals surface area contributed by atoms with Gasteiger partial charge in [0.15, 0.2) is 0 Å². The molecule has 0 spiro atoms. The van der Waals surface area contributed by atoms with Gasteiger partial charge in [-0.25, -0.2) is 8.78 Å². The monoisotopic (exact) mass is 489 g/mol. The zero-order chi connectivity index (χ0) is 25.5. The predicted molar refractivity (Wildman–Crippen MR) is 117 cm³/mol. The molecule has 10 heteroatoms. The quantitative estimate of drug-likeness (QED) is 0.609. The Kier molecular flexibility index (Phi) is 6.32. The zero-order valence-corrected chi connectivity index (χ0v) is 18.8. The lowest BCUT2D eigenvalue weighted by Crippen LogP contribution is -2.56. The molecular weight excluding hydrogens is 466 g/mol. The Balaban J connectivity index is 1.58. The number of rotatable bonds is 5. The molecule has 2 heterocycles. The van der Waals surface area contributed by atoms with Crippen LogP contribution in [0.2, 0.25) is 0 Å². The molecule has 2 bridgehead atoms. The van der Waals surface area contributed by atoms with Gasteiger partial charge < -0.3 is 15.3 Å². The molecule has 0 aliphatic carbocycles. The van der Waals surface area contributed by atoms with E-state index in [1.807, 2.05) is 6.07 Å². The largest absolute Gasteiger partial charge is 0.389 e. The van der Waals surface area contributed by atoms with E-state index in [9.17, 15) is 23.5 Å². The van der Waals surface area contributed by atoms with Crippen LogP contribution in [0.3, 0.4) is 0 Å². The van der Waals surface area contributed by atoms with E-state index in [0.29, 0.717) is 25.0 Å². The summed E-state index contributed by atoms with van der Waals surface area (Å²) in [5.41, 5.74) is -2.41. The molecule has 0 saturated carbocycles. The Labute approximate surface area is 199 Å². The molecule has 2 aromatic carbocycles. The standard InChI is InChI=1S/C25H23F4N3O3/c1-14-10-16(3-7-20(14)26)31-22(33)15-2-6-21(27)19(11-15)25(28,29)23(34)32-17-4-5-18(32)13-24(35,12-17)8-9-30/h2-3,6-7,10-11,17-18,35H,4-5,8,12-13H2,1H3,(H,31,33)/t17-,18+,24?. The SMILES string of the molecule is Cc1cc(NC(=O)c2ccc(F)c(C(F)(F)C(=O)N3[C@@H]4CC[C@H]3CC(O)(CC#N)C4)c2)ccc1F. The first-order valence-corrected chi connectivity index (χ1v) is 11.1. The number of halogens is 4. The second-order valence-corrected chi connectivity index (χ2v) is 9.25. The topological polar surface area (TPSA) is 93.4 Å². The van der Waals surface area contributed by atoms with E-state index in [2.05, 4.69) is 5.32 Å². The molecular formula is C25H23F4N3O3. The summed E-state index contributed by atoms with van der Waals surface area (Å²) in [4.78, 5) is 26.6. The van der Waals surface area contributed by atoms with Crippen LogP contribution in [-0.4, -0.2) is 39.5 Å². The fourth-order valence-electron chi connectivity index (χ4n) is 5.06. The van der Waals surface area contributed by atoms with Gasteiger partial charge in [-0.05, 0) is 74.6 Å². The maximum atomic E-state index is 15.4. The van der Waals surface area contributed by atoms with Crippen LogP contribution in [0.1, 0.15) is 53.6 Å². The van der Waals surface area contributed by atoms with Crippen molar-refractivity contribution in [3.8, 4) is 6.07 Å². The highest BCUT2D eigenvalue weighted by Gasteiger charge is 2.55. The smallest absolute Gasteiger partial charge is 0.352 e. The van der Waals surface area contributed by atoms with Gasteiger partial charge in [0, 0.05) is 23.3 Å². The second-order valence-electron chi connectivity index (χ2n) is 9.25. The molecule has 6 nitrogen and oxygen atoms in total. The first kappa shape index (κ1) is 24.7. The van der Waals surface area contributed by atoms with Crippen LogP contribution in [0.4, 0.5) is 23.2 Å². The number of anilines is 1. The van der Waals surface area contributed by atoms with Crippen molar-refractivity contribution in [2.24, 2.45) is 0 Å². The number of hydrogen-bond donors (Lipinski definition) is 2. The van der Waals surface area contributed by atoms with Crippen molar-refractivity contribution < 1.29 is 32.3 Å². The number of amides is 2. The summed E-state index contributed by atoms with van der Waals surface area (Å²) in [5, 5.41) is 22.0. The highest BCUT2D eigenvalue weighted by Crippen LogP contribution is 2.45. The number of aryl methyl sites for hydroxylation is 1. The summed E-state index contributed by atoms with van der Waals surface area (Å²) in [5.74, 6) is -8.53. The van der Waals surface area contributed by atoms with E-state index in [-0.39, 0.29) is 36.1 Å². The van der Waals surface area contributed by atoms with Crippen LogP contribution in [0.25, 0.3) is 0 Å². The van der Waals surface area contributed by atoms with Crippen LogP contribution in [0.5, 0.6) is 0 Å². The van der Waals surface area contributed by atoms with Gasteiger partial charge in [-0.3, -0.25) is 9.59 Å². The van der Waals surface area contributed by atoms with Gasteiger partial charge in [-0.15, -0.1) is 0 Å². The Morgan fingerprint density at radius 2 is 1.77 bits per heavy atom. The van der Waals surface area contributed by atoms with Crippen molar-refractivity contribution in [3.05, 3.63) is 64.7 Å². The van der Waals surface area contributed by atoms with Crippen molar-refractivity contribution in [2.45, 2.75) is 62.6 Å². The van der Waals surface area contributed by atoms with Crippen LogP contribution < -0.4 is 5.32 Å². The molecule has 35 heavy (non-hydrogen) atoms. The highest BCUT2D eigenvalue weighted by atomic mass is 19.3. The number of benzene rings is 2. The minimum absolute atomic E-state index is 0.0130. The summed E-state index contributed by atoms with van der Waals surface area (Å²) in [6, 6.07) is 6.63. The third-order valence-corrected chi connectivity index (χ3v) is 6.74. The summed E-state index contributed by atoms with van der Waals surface area (Å²) >= 11 is 0. The maximum Gasteiger partial charge on any atom is 0.352 e. The molecule has 1 unspecified atom stereocenters. The number of nitrogens with one attached hydrogen (secondary N) is 1. The summed E-state index contributed by atoms with van der Waals surface area (Å²) < 4.78 is 58.7. The van der Waals surface area contributed by atoms with E-state index in [1.54, 1.807) is 0 Å². The molecule has 0 aromatic heterocycles. The van der Waals surface area contributed by atoms with Gasteiger partial charge in [0.2, 0.25) is 0 Å². The molecule has 184 valence electrons. The first-order valence-electron chi connectivity index (χ1n) is 11.1. The Morgan fingerprint density at radius 1 is 1.14 bits per heavy atom. The zero-order valence-electron chi connectivity index (χ0n) is 18.8. The van der Waals surface area contributed by atoms with Crippen LogP contribution in [0.15, 0.2) is 36.4 Å². The van der Waals surface area contributed by atoms with E-state index < -0.39 is 52.6 Å². The minimum atomic E-state index is -4.27. The number of carbonyl (C=O) groups is 2. The second kappa shape index (κ2) is 8.96. The van der Waals surface area contributed by atoms with Gasteiger partial charge in [-0.2, -0.15) is 14.0 Å². The van der Waals surface area contributed by atoms with Crippen molar-refractivity contribution >= 4 is 17.5 Å². The van der Waals surface area contributed by atoms with Gasteiger partial charge in [0.25, 0.3) is 11.8 Å². The molecule has 0 radical (unpaired) electrons. The number of aliphatic hydroxyl groups is 1. The number of hydrogen-bond acceptors (Lipinski definition) is 4. The summed E-state index contributed by atoms with van der Waals surface area (Å²) in [6.07, 6.45) is 0.587. The number of nitrogens with zero attached hydrogens (tertiary/aromatic N) is 2. The van der Waals surface area contributed by atoms with Crippen LogP contribution >= 0.6 is 0 Å². The van der Waals surface area contributed by atoms with E-state index in [4.69, 9.17) is 5.26 Å². The number of alkyl halides is 2. The van der Waals surface area contributed by atoms with Gasteiger partial charge in [0.1, 0.15) is 11.6 Å². The van der Waals surface area contributed by atoms with E-state index >= 15 is 8.78 Å². The predicted octanol–water partition coefficient (Wildman–Crippen LogP) is 4.42. The van der Waals surface area contributed by atoms with Gasteiger partial charge in [-0.1, -0.05) is 0 Å². The van der Waals surface area contributed by atoms with Crippen LogP contribution in [0, 0.1) is 29.9 Å². The van der Waals surface area contributed by atoms with Crippen molar-refractivity contribution in [1.29, 1.82) is 5.26 Å². The molecule has 2 fully saturated rings. The molecule has 2 N–H and O–H groups in total. The molecule has 4 rings (SSSR count). The molecule has 2 saturated heterocycles. The van der Waals surface area contributed by atoms with E-state index in [1.165, 1.54) is 19.1 Å². The lowest BCUT2D eigenvalue weighted by Gasteiger charge is -2.43. The first-order chi connectivity index (χ1) is 16.4. The Hall–Kier alpha value is -3.45. The van der Waals surface area contributed by atoms with Crippen molar-refractivity contribution in [2.75, 3.05) is 5.32 Å². The van der Waals surface area contributed by atoms with Crippen LogP contribution in [-0.2, 0) is 10.7 Å². The molecule has 2 amide bonds. The molecule has 3 atom stereocenters. The van der Waals surface area contributed by atoms with Crippen molar-refractivity contribution in [1.82, 2.24) is 4.90 Å². The minimum Gasteiger partial charge on any atom is -0.389 e. The lowest BCUT2D eigenvalue weighted by molar-refractivity contribution is -0.169. The number of nitriles is 1. The lowest BCUT2D eigenvalue weighted by atomic mass is 9.83. The third-order valence-electron chi connectivity index (χ3n) is 6.74.